The van der Waals surface area contributed by atoms with Gasteiger partial charge in [-0.15, -0.1) is 0 Å². The quantitative estimate of drug-likeness (QED) is 0.847. The molecule has 0 heterocycles. The lowest BCUT2D eigenvalue weighted by atomic mass is 10.1. The van der Waals surface area contributed by atoms with E-state index in [1.165, 1.54) is 7.05 Å². The first-order valence-corrected chi connectivity index (χ1v) is 7.19. The molecular formula is C12H20N2O2S. The van der Waals surface area contributed by atoms with E-state index in [1.54, 1.807) is 0 Å². The Hall–Kier alpha value is -1.07. The number of aryl methyl sites for hydroxylation is 2. The Labute approximate surface area is 103 Å². The zero-order valence-electron chi connectivity index (χ0n) is 10.8. The zero-order valence-corrected chi connectivity index (χ0v) is 11.6. The highest BCUT2D eigenvalue weighted by Crippen LogP contribution is 2.24. The number of hydrogen-bond acceptors (Lipinski definition) is 3. The van der Waals surface area contributed by atoms with Crippen LogP contribution >= 0.6 is 0 Å². The van der Waals surface area contributed by atoms with Gasteiger partial charge in [0.2, 0.25) is 10.0 Å². The number of hydrogen-bond donors (Lipinski definition) is 2. The lowest BCUT2D eigenvalue weighted by Crippen LogP contribution is -2.21. The van der Waals surface area contributed by atoms with Crippen molar-refractivity contribution in [3.8, 4) is 0 Å². The van der Waals surface area contributed by atoms with Crippen molar-refractivity contribution < 1.29 is 8.42 Å². The minimum absolute atomic E-state index is 0.377. The van der Waals surface area contributed by atoms with Crippen LogP contribution in [0, 0.1) is 13.8 Å². The molecule has 1 rings (SSSR count). The first-order valence-electron chi connectivity index (χ1n) is 5.71. The Morgan fingerprint density at radius 3 is 2.12 bits per heavy atom. The molecule has 0 aliphatic heterocycles. The van der Waals surface area contributed by atoms with Crippen molar-refractivity contribution in [1.29, 1.82) is 0 Å². The van der Waals surface area contributed by atoms with Crippen LogP contribution in [0.25, 0.3) is 0 Å². The molecule has 0 bridgehead atoms. The summed E-state index contributed by atoms with van der Waals surface area (Å²) in [4.78, 5) is 0.377. The summed E-state index contributed by atoms with van der Waals surface area (Å²) >= 11 is 0. The van der Waals surface area contributed by atoms with Crippen molar-refractivity contribution in [2.75, 3.05) is 18.9 Å². The second-order valence-corrected chi connectivity index (χ2v) is 5.90. The van der Waals surface area contributed by atoms with Crippen LogP contribution in [0.2, 0.25) is 0 Å². The molecule has 0 aliphatic rings. The van der Waals surface area contributed by atoms with Gasteiger partial charge in [-0.2, -0.15) is 0 Å². The Morgan fingerprint density at radius 1 is 1.18 bits per heavy atom. The van der Waals surface area contributed by atoms with Gasteiger partial charge in [-0.1, -0.05) is 6.92 Å². The molecule has 2 N–H and O–H groups in total. The van der Waals surface area contributed by atoms with Gasteiger partial charge in [0.25, 0.3) is 0 Å². The van der Waals surface area contributed by atoms with Gasteiger partial charge in [-0.3, -0.25) is 0 Å². The standard InChI is InChI=1S/C12H20N2O2S/c1-5-6-14-11-7-9(2)12(10(3)8-11)17(15,16)13-4/h7-8,13-14H,5-6H2,1-4H3. The number of benzene rings is 1. The van der Waals surface area contributed by atoms with Crippen LogP contribution in [0.4, 0.5) is 5.69 Å². The van der Waals surface area contributed by atoms with E-state index < -0.39 is 10.0 Å². The molecule has 0 unspecified atom stereocenters. The van der Waals surface area contributed by atoms with Gasteiger partial charge >= 0.3 is 0 Å². The lowest BCUT2D eigenvalue weighted by molar-refractivity contribution is 0.587. The maximum absolute atomic E-state index is 11.8. The van der Waals surface area contributed by atoms with Crippen LogP contribution in [-0.4, -0.2) is 22.0 Å². The maximum Gasteiger partial charge on any atom is 0.240 e. The molecule has 17 heavy (non-hydrogen) atoms. The lowest BCUT2D eigenvalue weighted by Gasteiger charge is -2.13. The van der Waals surface area contributed by atoms with E-state index in [0.717, 1.165) is 29.8 Å². The van der Waals surface area contributed by atoms with Crippen LogP contribution in [-0.2, 0) is 10.0 Å². The molecule has 4 nitrogen and oxygen atoms in total. The fraction of sp³-hybridized carbons (Fsp3) is 0.500. The van der Waals surface area contributed by atoms with Crippen molar-refractivity contribution in [2.24, 2.45) is 0 Å². The van der Waals surface area contributed by atoms with Crippen molar-refractivity contribution in [3.63, 3.8) is 0 Å². The van der Waals surface area contributed by atoms with Gasteiger partial charge in [0, 0.05) is 12.2 Å². The molecule has 0 radical (unpaired) electrons. The Kier molecular flexibility index (Phi) is 4.54. The summed E-state index contributed by atoms with van der Waals surface area (Å²) in [7, 11) is -1.95. The summed E-state index contributed by atoms with van der Waals surface area (Å²) < 4.78 is 26.0. The van der Waals surface area contributed by atoms with Gasteiger partial charge in [-0.05, 0) is 50.6 Å². The molecule has 0 saturated heterocycles. The Bertz CT molecular complexity index is 472. The average Bonchev–Trinajstić information content (AvgIpc) is 2.25. The monoisotopic (exact) mass is 256 g/mol. The summed E-state index contributed by atoms with van der Waals surface area (Å²) in [6.45, 7) is 6.60. The normalized spacial score (nSPS) is 11.5. The van der Waals surface area contributed by atoms with Gasteiger partial charge in [0.05, 0.1) is 4.90 Å². The molecule has 1 aromatic rings. The molecule has 5 heteroatoms. The second-order valence-electron chi connectivity index (χ2n) is 4.07. The minimum atomic E-state index is -3.37. The molecule has 96 valence electrons. The number of anilines is 1. The summed E-state index contributed by atoms with van der Waals surface area (Å²) in [6.07, 6.45) is 1.04. The molecule has 0 fully saturated rings. The third-order valence-electron chi connectivity index (χ3n) is 2.58. The van der Waals surface area contributed by atoms with Gasteiger partial charge in [0.1, 0.15) is 0 Å². The smallest absolute Gasteiger partial charge is 0.240 e. The van der Waals surface area contributed by atoms with Gasteiger partial charge in [-0.25, -0.2) is 13.1 Å². The molecule has 0 amide bonds. The molecule has 0 atom stereocenters. The molecule has 0 aromatic heterocycles. The molecule has 0 spiro atoms. The van der Waals surface area contributed by atoms with Crippen molar-refractivity contribution in [2.45, 2.75) is 32.1 Å². The zero-order chi connectivity index (χ0) is 13.1. The number of sulfonamides is 1. The van der Waals surface area contributed by atoms with Crippen molar-refractivity contribution in [1.82, 2.24) is 4.72 Å². The van der Waals surface area contributed by atoms with Crippen molar-refractivity contribution >= 4 is 15.7 Å². The number of nitrogens with one attached hydrogen (secondary N) is 2. The van der Waals surface area contributed by atoms with E-state index >= 15 is 0 Å². The predicted octanol–water partition coefficient (Wildman–Crippen LogP) is 2.03. The third kappa shape index (κ3) is 3.20. The topological polar surface area (TPSA) is 58.2 Å². The SMILES string of the molecule is CCCNc1cc(C)c(S(=O)(=O)NC)c(C)c1. The fourth-order valence-corrected chi connectivity index (χ4v) is 3.02. The second kappa shape index (κ2) is 5.51. The molecular weight excluding hydrogens is 236 g/mol. The third-order valence-corrected chi connectivity index (χ3v) is 4.30. The van der Waals surface area contributed by atoms with Crippen LogP contribution in [0.5, 0.6) is 0 Å². The summed E-state index contributed by atoms with van der Waals surface area (Å²) in [5.74, 6) is 0. The molecule has 0 saturated carbocycles. The largest absolute Gasteiger partial charge is 0.385 e. The highest BCUT2D eigenvalue weighted by Gasteiger charge is 2.17. The van der Waals surface area contributed by atoms with E-state index in [1.807, 2.05) is 26.0 Å². The van der Waals surface area contributed by atoms with E-state index in [4.69, 9.17) is 0 Å². The first-order chi connectivity index (χ1) is 7.92. The molecule has 0 aliphatic carbocycles. The van der Waals surface area contributed by atoms with Gasteiger partial charge < -0.3 is 5.32 Å². The number of rotatable bonds is 5. The average molecular weight is 256 g/mol. The highest BCUT2D eigenvalue weighted by molar-refractivity contribution is 7.89. The molecule has 1 aromatic carbocycles. The minimum Gasteiger partial charge on any atom is -0.385 e. The Balaban J connectivity index is 3.20. The van der Waals surface area contributed by atoms with Crippen LogP contribution in [0.15, 0.2) is 17.0 Å². The summed E-state index contributed by atoms with van der Waals surface area (Å²) in [6, 6.07) is 3.74. The van der Waals surface area contributed by atoms with Crippen LogP contribution in [0.1, 0.15) is 24.5 Å². The van der Waals surface area contributed by atoms with Crippen LogP contribution < -0.4 is 10.0 Å². The van der Waals surface area contributed by atoms with Gasteiger partial charge in [0.15, 0.2) is 0 Å². The Morgan fingerprint density at radius 2 is 1.71 bits per heavy atom. The van der Waals surface area contributed by atoms with E-state index in [9.17, 15) is 8.42 Å². The van der Waals surface area contributed by atoms with Crippen molar-refractivity contribution in [3.05, 3.63) is 23.3 Å². The van der Waals surface area contributed by atoms with Crippen LogP contribution in [0.3, 0.4) is 0 Å². The maximum atomic E-state index is 11.8. The first kappa shape index (κ1) is 14.0. The highest BCUT2D eigenvalue weighted by atomic mass is 32.2. The predicted molar refractivity (Wildman–Crippen MR) is 70.9 cm³/mol. The summed E-state index contributed by atoms with van der Waals surface area (Å²) in [5.41, 5.74) is 2.49. The van der Waals surface area contributed by atoms with E-state index in [0.29, 0.717) is 4.90 Å². The fourth-order valence-electron chi connectivity index (χ4n) is 1.85. The summed E-state index contributed by atoms with van der Waals surface area (Å²) in [5, 5.41) is 3.26. The van der Waals surface area contributed by atoms with E-state index in [-0.39, 0.29) is 0 Å². The van der Waals surface area contributed by atoms with E-state index in [2.05, 4.69) is 17.0 Å².